The highest BCUT2D eigenvalue weighted by Gasteiger charge is 2.33. The Labute approximate surface area is 183 Å². The van der Waals surface area contributed by atoms with E-state index in [2.05, 4.69) is 10.6 Å². The summed E-state index contributed by atoms with van der Waals surface area (Å²) in [7, 11) is 1.48. The highest BCUT2D eigenvalue weighted by atomic mass is 35.5. The van der Waals surface area contributed by atoms with Gasteiger partial charge in [-0.2, -0.15) is 0 Å². The maximum Gasteiger partial charge on any atom is 0.340 e. The molecule has 0 bridgehead atoms. The topological polar surface area (TPSA) is 91.0 Å². The Bertz CT molecular complexity index is 999. The van der Waals surface area contributed by atoms with Crippen molar-refractivity contribution in [2.45, 2.75) is 13.3 Å². The third kappa shape index (κ3) is 4.60. The summed E-state index contributed by atoms with van der Waals surface area (Å²) in [5.74, 6) is -0.312. The number of ether oxygens (including phenoxy) is 1. The first-order valence-electron chi connectivity index (χ1n) is 9.11. The molecule has 0 unspecified atom stereocenters. The van der Waals surface area contributed by atoms with Crippen LogP contribution >= 0.6 is 23.2 Å². The van der Waals surface area contributed by atoms with Crippen molar-refractivity contribution in [2.24, 2.45) is 0 Å². The summed E-state index contributed by atoms with van der Waals surface area (Å²) in [6.07, 6.45) is 0.606. The Morgan fingerprint density at radius 3 is 2.43 bits per heavy atom. The zero-order valence-corrected chi connectivity index (χ0v) is 17.9. The van der Waals surface area contributed by atoms with Crippen molar-refractivity contribution in [1.82, 2.24) is 10.0 Å². The predicted octanol–water partition coefficient (Wildman–Crippen LogP) is 4.26. The quantitative estimate of drug-likeness (QED) is 0.727. The molecule has 0 radical (unpaired) electrons. The van der Waals surface area contributed by atoms with Gasteiger partial charge < -0.3 is 15.4 Å². The molecule has 10 heteroatoms. The van der Waals surface area contributed by atoms with E-state index in [1.54, 1.807) is 36.4 Å². The minimum absolute atomic E-state index is 0.112. The number of rotatable bonds is 4. The summed E-state index contributed by atoms with van der Waals surface area (Å²) in [6, 6.07) is 9.10. The lowest BCUT2D eigenvalue weighted by Gasteiger charge is -2.28. The van der Waals surface area contributed by atoms with Gasteiger partial charge in [-0.15, -0.1) is 0 Å². The van der Waals surface area contributed by atoms with Crippen LogP contribution in [0.4, 0.5) is 16.2 Å². The number of carbonyl (C=O) groups is 3. The van der Waals surface area contributed by atoms with Gasteiger partial charge in [-0.25, -0.2) is 14.8 Å². The molecular weight excluding hydrogens is 431 g/mol. The van der Waals surface area contributed by atoms with Crippen molar-refractivity contribution < 1.29 is 19.1 Å². The van der Waals surface area contributed by atoms with Gasteiger partial charge in [-0.05, 0) is 36.8 Å². The smallest absolute Gasteiger partial charge is 0.340 e. The Morgan fingerprint density at radius 1 is 1.00 bits per heavy atom. The number of hydrogen-bond donors (Lipinski definition) is 2. The van der Waals surface area contributed by atoms with E-state index in [9.17, 15) is 14.4 Å². The molecule has 4 amide bonds. The molecule has 1 fully saturated rings. The van der Waals surface area contributed by atoms with Crippen LogP contribution < -0.4 is 15.4 Å². The van der Waals surface area contributed by atoms with E-state index in [1.807, 2.05) is 0 Å². The molecule has 1 saturated heterocycles. The molecule has 2 aromatic carbocycles. The summed E-state index contributed by atoms with van der Waals surface area (Å²) in [5.41, 5.74) is 0.900. The first-order valence-corrected chi connectivity index (χ1v) is 9.87. The summed E-state index contributed by atoms with van der Waals surface area (Å²) in [6.45, 7) is 2.05. The van der Waals surface area contributed by atoms with Gasteiger partial charge in [0.1, 0.15) is 5.75 Å². The van der Waals surface area contributed by atoms with Crippen molar-refractivity contribution in [3.63, 3.8) is 0 Å². The third-order valence-corrected chi connectivity index (χ3v) is 5.09. The number of halogens is 2. The van der Waals surface area contributed by atoms with Crippen LogP contribution in [0.15, 0.2) is 36.4 Å². The lowest BCUT2D eigenvalue weighted by Crippen LogP contribution is -2.46. The van der Waals surface area contributed by atoms with Crippen LogP contribution in [-0.2, 0) is 4.79 Å². The second kappa shape index (κ2) is 9.23. The number of hydrogen-bond acceptors (Lipinski definition) is 4. The van der Waals surface area contributed by atoms with E-state index in [0.29, 0.717) is 41.7 Å². The normalized spacial score (nSPS) is 13.2. The molecule has 0 aliphatic carbocycles. The van der Waals surface area contributed by atoms with Crippen LogP contribution in [0.5, 0.6) is 5.75 Å². The number of nitrogens with one attached hydrogen (secondary N) is 2. The third-order valence-electron chi connectivity index (χ3n) is 4.44. The van der Waals surface area contributed by atoms with E-state index in [0.717, 1.165) is 0 Å². The minimum Gasteiger partial charge on any atom is -0.495 e. The molecule has 1 heterocycles. The molecule has 0 aromatic heterocycles. The molecule has 2 N–H and O–H groups in total. The number of urea groups is 1. The van der Waals surface area contributed by atoms with Crippen molar-refractivity contribution in [1.29, 1.82) is 0 Å². The maximum atomic E-state index is 13.1. The molecule has 3 rings (SSSR count). The van der Waals surface area contributed by atoms with E-state index in [4.69, 9.17) is 27.9 Å². The zero-order valence-electron chi connectivity index (χ0n) is 16.4. The lowest BCUT2D eigenvalue weighted by atomic mass is 10.1. The van der Waals surface area contributed by atoms with Gasteiger partial charge >= 0.3 is 6.03 Å². The van der Waals surface area contributed by atoms with Crippen LogP contribution in [0.25, 0.3) is 0 Å². The standard InChI is InChI=1S/C20H20Cl2N4O4/c1-12(27)23-15-6-3-5-14(18(15)22)19(28)25-9-4-10-26(25)20(29)24-16-11-13(21)7-8-17(16)30-2/h3,5-8,11H,4,9-10H2,1-2H3,(H,23,27)(H,24,29). The number of carbonyl (C=O) groups excluding carboxylic acids is 3. The van der Waals surface area contributed by atoms with Crippen LogP contribution in [0.2, 0.25) is 10.0 Å². The van der Waals surface area contributed by atoms with Crippen LogP contribution in [0.1, 0.15) is 23.7 Å². The number of nitrogens with zero attached hydrogens (tertiary/aromatic N) is 2. The SMILES string of the molecule is COc1ccc(Cl)cc1NC(=O)N1CCCN1C(=O)c1cccc(NC(C)=O)c1Cl. The van der Waals surface area contributed by atoms with Gasteiger partial charge in [0.05, 0.1) is 29.1 Å². The largest absolute Gasteiger partial charge is 0.495 e. The lowest BCUT2D eigenvalue weighted by molar-refractivity contribution is -0.114. The molecule has 158 valence electrons. The minimum atomic E-state index is -0.504. The average molecular weight is 451 g/mol. The van der Waals surface area contributed by atoms with Gasteiger partial charge in [0.25, 0.3) is 5.91 Å². The van der Waals surface area contributed by atoms with Crippen LogP contribution in [0, 0.1) is 0 Å². The molecule has 0 atom stereocenters. The van der Waals surface area contributed by atoms with Gasteiger partial charge in [0.2, 0.25) is 5.91 Å². The first kappa shape index (κ1) is 21.7. The molecule has 0 spiro atoms. The second-order valence-electron chi connectivity index (χ2n) is 6.53. The highest BCUT2D eigenvalue weighted by molar-refractivity contribution is 6.36. The highest BCUT2D eigenvalue weighted by Crippen LogP contribution is 2.30. The van der Waals surface area contributed by atoms with Crippen molar-refractivity contribution >= 4 is 52.4 Å². The van der Waals surface area contributed by atoms with E-state index in [1.165, 1.54) is 24.1 Å². The van der Waals surface area contributed by atoms with Gasteiger partial charge in [-0.1, -0.05) is 29.3 Å². The van der Waals surface area contributed by atoms with E-state index in [-0.39, 0.29) is 16.5 Å². The zero-order chi connectivity index (χ0) is 21.8. The fourth-order valence-electron chi connectivity index (χ4n) is 3.11. The van der Waals surface area contributed by atoms with E-state index >= 15 is 0 Å². The second-order valence-corrected chi connectivity index (χ2v) is 7.34. The van der Waals surface area contributed by atoms with Crippen LogP contribution in [0.3, 0.4) is 0 Å². The van der Waals surface area contributed by atoms with Crippen molar-refractivity contribution in [3.05, 3.63) is 52.0 Å². The summed E-state index contributed by atoms with van der Waals surface area (Å²) in [4.78, 5) is 37.3. The monoisotopic (exact) mass is 450 g/mol. The van der Waals surface area contributed by atoms with Crippen LogP contribution in [-0.4, -0.2) is 48.1 Å². The summed E-state index contributed by atoms with van der Waals surface area (Å²) >= 11 is 12.3. The maximum absolute atomic E-state index is 13.1. The number of hydrazine groups is 1. The Morgan fingerprint density at radius 2 is 1.73 bits per heavy atom. The number of methoxy groups -OCH3 is 1. The average Bonchev–Trinajstić information content (AvgIpc) is 3.19. The van der Waals surface area contributed by atoms with Gasteiger partial charge in [0.15, 0.2) is 0 Å². The van der Waals surface area contributed by atoms with Crippen molar-refractivity contribution in [2.75, 3.05) is 30.8 Å². The Kier molecular flexibility index (Phi) is 6.69. The molecular formula is C20H20Cl2N4O4. The fraction of sp³-hybridized carbons (Fsp3) is 0.250. The van der Waals surface area contributed by atoms with Gasteiger partial charge in [-0.3, -0.25) is 9.59 Å². The Balaban J connectivity index is 1.82. The van der Waals surface area contributed by atoms with Crippen molar-refractivity contribution in [3.8, 4) is 5.75 Å². The number of anilines is 2. The molecule has 2 aromatic rings. The Hall–Kier alpha value is -2.97. The molecule has 30 heavy (non-hydrogen) atoms. The number of amides is 4. The summed E-state index contributed by atoms with van der Waals surface area (Å²) < 4.78 is 5.24. The fourth-order valence-corrected chi connectivity index (χ4v) is 3.54. The van der Waals surface area contributed by atoms with E-state index < -0.39 is 11.9 Å². The molecule has 1 aliphatic heterocycles. The first-order chi connectivity index (χ1) is 14.3. The van der Waals surface area contributed by atoms with Gasteiger partial charge in [0, 0.05) is 25.0 Å². The summed E-state index contributed by atoms with van der Waals surface area (Å²) in [5, 5.41) is 8.49. The molecule has 1 aliphatic rings. The molecule has 0 saturated carbocycles. The number of benzene rings is 2. The predicted molar refractivity (Wildman–Crippen MR) is 115 cm³/mol. The molecule has 8 nitrogen and oxygen atoms in total.